The van der Waals surface area contributed by atoms with Gasteiger partial charge in [-0.05, 0) is 77.3 Å². The fraction of sp³-hybridized carbons (Fsp3) is 0.344. The average molecular weight is 511 g/mol. The van der Waals surface area contributed by atoms with Crippen LogP contribution >= 0.6 is 0 Å². The van der Waals surface area contributed by atoms with Crippen molar-refractivity contribution in [3.05, 3.63) is 89.0 Å². The topological polar surface area (TPSA) is 86.7 Å². The van der Waals surface area contributed by atoms with Crippen LogP contribution in [0, 0.1) is 5.92 Å². The van der Waals surface area contributed by atoms with E-state index in [0.717, 1.165) is 16.7 Å². The first-order valence-corrected chi connectivity index (χ1v) is 13.5. The lowest BCUT2D eigenvalue weighted by Crippen LogP contribution is -2.44. The fourth-order valence-corrected chi connectivity index (χ4v) is 5.80. The second-order valence-electron chi connectivity index (χ2n) is 10.8. The highest BCUT2D eigenvalue weighted by Crippen LogP contribution is 2.33. The zero-order chi connectivity index (χ0) is 26.8. The molecule has 0 spiro atoms. The summed E-state index contributed by atoms with van der Waals surface area (Å²) in [5.74, 6) is -0.961. The Morgan fingerprint density at radius 3 is 2.18 bits per heavy atom. The number of hydrogen-bond donors (Lipinski definition) is 2. The molecule has 3 aromatic carbocycles. The Kier molecular flexibility index (Phi) is 7.32. The summed E-state index contributed by atoms with van der Waals surface area (Å²) in [6, 6.07) is 20.3. The lowest BCUT2D eigenvalue weighted by atomic mass is 9.84. The third-order valence-electron chi connectivity index (χ3n) is 7.89. The number of carboxylic acids is 1. The molecular weight excluding hydrogens is 476 g/mol. The Bertz CT molecular complexity index is 1340. The second-order valence-corrected chi connectivity index (χ2v) is 10.8. The summed E-state index contributed by atoms with van der Waals surface area (Å²) in [5, 5.41) is 12.6. The highest BCUT2D eigenvalue weighted by Gasteiger charge is 2.38. The number of carboxylic acid groups (broad SMARTS) is 1. The van der Waals surface area contributed by atoms with E-state index in [4.69, 9.17) is 0 Å². The van der Waals surface area contributed by atoms with Crippen LogP contribution in [0.3, 0.4) is 0 Å². The molecule has 0 aromatic heterocycles. The molecule has 2 amide bonds. The Labute approximate surface area is 223 Å². The van der Waals surface area contributed by atoms with Crippen molar-refractivity contribution in [1.82, 2.24) is 4.90 Å². The number of amides is 2. The van der Waals surface area contributed by atoms with Gasteiger partial charge in [0.1, 0.15) is 6.04 Å². The molecule has 5 rings (SSSR count). The summed E-state index contributed by atoms with van der Waals surface area (Å²) in [7, 11) is 0. The fourth-order valence-electron chi connectivity index (χ4n) is 5.80. The van der Waals surface area contributed by atoms with Gasteiger partial charge in [0, 0.05) is 23.4 Å². The number of carbonyl (C=O) groups is 3. The van der Waals surface area contributed by atoms with Gasteiger partial charge in [-0.1, -0.05) is 69.5 Å². The molecule has 0 bridgehead atoms. The van der Waals surface area contributed by atoms with Crippen LogP contribution in [0.5, 0.6) is 0 Å². The standard InChI is InChI=1S/C32H34N2O4/c1-20(2)29(32(37)38)34-19-26-13-12-25(18-28(26)31(34)36)23-14-16-27(17-15-23)33-30(35)24-10-8-22(9-11-24)21-6-4-3-5-7-21/h8-18,20-21,29H,3-7,19H2,1-2H3,(H,33,35)(H,37,38)/t29-/m0/s1. The van der Waals surface area contributed by atoms with Crippen LogP contribution in [-0.2, 0) is 11.3 Å². The number of fused-ring (bicyclic) bond motifs is 1. The van der Waals surface area contributed by atoms with E-state index in [1.54, 1.807) is 0 Å². The molecule has 1 atom stereocenters. The molecular formula is C32H34N2O4. The van der Waals surface area contributed by atoms with Gasteiger partial charge in [-0.2, -0.15) is 0 Å². The predicted molar refractivity (Wildman–Crippen MR) is 148 cm³/mol. The number of aliphatic carboxylic acids is 1. The molecule has 0 radical (unpaired) electrons. The highest BCUT2D eigenvalue weighted by atomic mass is 16.4. The van der Waals surface area contributed by atoms with Crippen LogP contribution in [0.4, 0.5) is 5.69 Å². The van der Waals surface area contributed by atoms with E-state index in [1.807, 2.05) is 68.4 Å². The van der Waals surface area contributed by atoms with E-state index in [1.165, 1.54) is 42.6 Å². The van der Waals surface area contributed by atoms with Gasteiger partial charge < -0.3 is 15.3 Å². The van der Waals surface area contributed by atoms with Gasteiger partial charge in [0.05, 0.1) is 0 Å². The van der Waals surface area contributed by atoms with Crippen molar-refractivity contribution in [3.63, 3.8) is 0 Å². The molecule has 2 aliphatic rings. The minimum atomic E-state index is -0.987. The molecule has 1 aliphatic heterocycles. The van der Waals surface area contributed by atoms with E-state index in [0.29, 0.717) is 29.3 Å². The molecule has 1 aliphatic carbocycles. The molecule has 1 heterocycles. The number of benzene rings is 3. The average Bonchev–Trinajstić information content (AvgIpc) is 3.24. The first-order chi connectivity index (χ1) is 18.3. The van der Waals surface area contributed by atoms with Gasteiger partial charge in [0.2, 0.25) is 0 Å². The van der Waals surface area contributed by atoms with Crippen molar-refractivity contribution in [1.29, 1.82) is 0 Å². The lowest BCUT2D eigenvalue weighted by Gasteiger charge is -2.27. The van der Waals surface area contributed by atoms with E-state index in [9.17, 15) is 19.5 Å². The molecule has 0 saturated heterocycles. The van der Waals surface area contributed by atoms with E-state index >= 15 is 0 Å². The van der Waals surface area contributed by atoms with Crippen LogP contribution < -0.4 is 5.32 Å². The molecule has 1 saturated carbocycles. The van der Waals surface area contributed by atoms with Gasteiger partial charge in [0.15, 0.2) is 0 Å². The summed E-state index contributed by atoms with van der Waals surface area (Å²) < 4.78 is 0. The first kappa shape index (κ1) is 25.7. The number of rotatable bonds is 7. The van der Waals surface area contributed by atoms with Gasteiger partial charge in [-0.3, -0.25) is 9.59 Å². The molecule has 3 aromatic rings. The highest BCUT2D eigenvalue weighted by molar-refractivity contribution is 6.04. The maximum Gasteiger partial charge on any atom is 0.326 e. The normalized spacial score (nSPS) is 16.4. The second kappa shape index (κ2) is 10.8. The van der Waals surface area contributed by atoms with Crippen LogP contribution in [0.2, 0.25) is 0 Å². The summed E-state index contributed by atoms with van der Waals surface area (Å²) in [5.41, 5.74) is 5.81. The third kappa shape index (κ3) is 5.21. The molecule has 196 valence electrons. The molecule has 38 heavy (non-hydrogen) atoms. The van der Waals surface area contributed by atoms with Gasteiger partial charge in [-0.15, -0.1) is 0 Å². The zero-order valence-corrected chi connectivity index (χ0v) is 21.9. The van der Waals surface area contributed by atoms with Gasteiger partial charge in [-0.25, -0.2) is 4.79 Å². The van der Waals surface area contributed by atoms with Crippen molar-refractivity contribution < 1.29 is 19.5 Å². The van der Waals surface area contributed by atoms with Gasteiger partial charge in [0.25, 0.3) is 11.8 Å². The molecule has 6 nitrogen and oxygen atoms in total. The maximum absolute atomic E-state index is 13.1. The van der Waals surface area contributed by atoms with Crippen LogP contribution in [-0.4, -0.2) is 33.8 Å². The van der Waals surface area contributed by atoms with Crippen molar-refractivity contribution in [2.24, 2.45) is 5.92 Å². The zero-order valence-electron chi connectivity index (χ0n) is 21.9. The summed E-state index contributed by atoms with van der Waals surface area (Å²) in [4.78, 5) is 39.1. The Balaban J connectivity index is 1.26. The smallest absolute Gasteiger partial charge is 0.326 e. The van der Waals surface area contributed by atoms with E-state index in [-0.39, 0.29) is 17.7 Å². The number of anilines is 1. The third-order valence-corrected chi connectivity index (χ3v) is 7.89. The van der Waals surface area contributed by atoms with Crippen molar-refractivity contribution in [3.8, 4) is 11.1 Å². The number of carbonyl (C=O) groups excluding carboxylic acids is 2. The summed E-state index contributed by atoms with van der Waals surface area (Å²) in [6.45, 7) is 3.93. The Hall–Kier alpha value is -3.93. The van der Waals surface area contributed by atoms with Crippen molar-refractivity contribution >= 4 is 23.5 Å². The molecule has 0 unspecified atom stereocenters. The van der Waals surface area contributed by atoms with Gasteiger partial charge >= 0.3 is 5.97 Å². The van der Waals surface area contributed by atoms with E-state index < -0.39 is 12.0 Å². The Morgan fingerprint density at radius 2 is 1.55 bits per heavy atom. The minimum Gasteiger partial charge on any atom is -0.480 e. The van der Waals surface area contributed by atoms with Crippen molar-refractivity contribution in [2.45, 2.75) is 64.5 Å². The SMILES string of the molecule is CC(C)[C@@H](C(=O)O)N1Cc2ccc(-c3ccc(NC(=O)c4ccc(C5CCCCC5)cc4)cc3)cc2C1=O. The monoisotopic (exact) mass is 510 g/mol. The minimum absolute atomic E-state index is 0.144. The number of nitrogens with one attached hydrogen (secondary N) is 1. The molecule has 1 fully saturated rings. The largest absolute Gasteiger partial charge is 0.480 e. The summed E-state index contributed by atoms with van der Waals surface area (Å²) in [6.07, 6.45) is 6.36. The first-order valence-electron chi connectivity index (χ1n) is 13.5. The van der Waals surface area contributed by atoms with E-state index in [2.05, 4.69) is 17.4 Å². The number of hydrogen-bond acceptors (Lipinski definition) is 3. The summed E-state index contributed by atoms with van der Waals surface area (Å²) >= 11 is 0. The quantitative estimate of drug-likeness (QED) is 0.369. The molecule has 6 heteroatoms. The lowest BCUT2D eigenvalue weighted by molar-refractivity contribution is -0.144. The van der Waals surface area contributed by atoms with Crippen LogP contribution in [0.1, 0.15) is 83.7 Å². The van der Waals surface area contributed by atoms with Crippen LogP contribution in [0.25, 0.3) is 11.1 Å². The van der Waals surface area contributed by atoms with Crippen molar-refractivity contribution in [2.75, 3.05) is 5.32 Å². The van der Waals surface area contributed by atoms with Crippen LogP contribution in [0.15, 0.2) is 66.7 Å². The molecule has 2 N–H and O–H groups in total. The number of nitrogens with zero attached hydrogens (tertiary/aromatic N) is 1. The maximum atomic E-state index is 13.1. The Morgan fingerprint density at radius 1 is 0.895 bits per heavy atom. The predicted octanol–water partition coefficient (Wildman–Crippen LogP) is 6.72.